The minimum Gasteiger partial charge on any atom is -0.490 e. The summed E-state index contributed by atoms with van der Waals surface area (Å²) in [6, 6.07) is 12.5. The monoisotopic (exact) mass is 363 g/mol. The number of rotatable bonds is 6. The molecule has 0 fully saturated rings. The molecule has 0 aliphatic rings. The SMILES string of the molecule is CCOc1ccc(NC(=O)c2ccc(Br)cc2)cc1OCC. The van der Waals surface area contributed by atoms with E-state index in [2.05, 4.69) is 21.2 Å². The molecular weight excluding hydrogens is 346 g/mol. The first-order valence-corrected chi connectivity index (χ1v) is 7.90. The fourth-order valence-electron chi connectivity index (χ4n) is 1.93. The Morgan fingerprint density at radius 2 is 1.64 bits per heavy atom. The zero-order valence-electron chi connectivity index (χ0n) is 12.6. The molecule has 1 amide bonds. The Hall–Kier alpha value is -2.01. The van der Waals surface area contributed by atoms with Crippen molar-refractivity contribution in [3.8, 4) is 11.5 Å². The van der Waals surface area contributed by atoms with Gasteiger partial charge in [0.2, 0.25) is 0 Å². The molecule has 0 unspecified atom stereocenters. The summed E-state index contributed by atoms with van der Waals surface area (Å²) in [5, 5.41) is 2.86. The quantitative estimate of drug-likeness (QED) is 0.821. The maximum absolute atomic E-state index is 12.2. The van der Waals surface area contributed by atoms with Crippen LogP contribution in [0.15, 0.2) is 46.9 Å². The van der Waals surface area contributed by atoms with E-state index in [-0.39, 0.29) is 5.91 Å². The van der Waals surface area contributed by atoms with E-state index >= 15 is 0 Å². The van der Waals surface area contributed by atoms with Gasteiger partial charge >= 0.3 is 0 Å². The number of anilines is 1. The van der Waals surface area contributed by atoms with Crippen LogP contribution in [-0.4, -0.2) is 19.1 Å². The summed E-state index contributed by atoms with van der Waals surface area (Å²) in [7, 11) is 0. The van der Waals surface area contributed by atoms with Crippen molar-refractivity contribution in [3.05, 3.63) is 52.5 Å². The summed E-state index contributed by atoms with van der Waals surface area (Å²) in [6.07, 6.45) is 0. The third-order valence-electron chi connectivity index (χ3n) is 2.91. The number of hydrogen-bond acceptors (Lipinski definition) is 3. The van der Waals surface area contributed by atoms with Crippen LogP contribution < -0.4 is 14.8 Å². The standard InChI is InChI=1S/C17H18BrNO3/c1-3-21-15-10-9-14(11-16(15)22-4-2)19-17(20)12-5-7-13(18)8-6-12/h5-11H,3-4H2,1-2H3,(H,19,20). The van der Waals surface area contributed by atoms with Gasteiger partial charge in [0, 0.05) is 21.8 Å². The van der Waals surface area contributed by atoms with Crippen LogP contribution in [-0.2, 0) is 0 Å². The molecule has 0 heterocycles. The van der Waals surface area contributed by atoms with Gasteiger partial charge in [-0.05, 0) is 50.2 Å². The predicted molar refractivity (Wildman–Crippen MR) is 90.9 cm³/mol. The summed E-state index contributed by atoms with van der Waals surface area (Å²) < 4.78 is 12.0. The van der Waals surface area contributed by atoms with E-state index in [1.54, 1.807) is 30.3 Å². The molecule has 0 saturated heterocycles. The molecule has 22 heavy (non-hydrogen) atoms. The smallest absolute Gasteiger partial charge is 0.255 e. The highest BCUT2D eigenvalue weighted by molar-refractivity contribution is 9.10. The Labute approximate surface area is 138 Å². The van der Waals surface area contributed by atoms with Gasteiger partial charge in [0.1, 0.15) is 0 Å². The molecule has 0 saturated carbocycles. The normalized spacial score (nSPS) is 10.1. The zero-order valence-corrected chi connectivity index (χ0v) is 14.1. The molecule has 0 radical (unpaired) electrons. The van der Waals surface area contributed by atoms with Crippen LogP contribution in [0.25, 0.3) is 0 Å². The maximum atomic E-state index is 12.2. The molecule has 0 aliphatic heterocycles. The van der Waals surface area contributed by atoms with E-state index in [1.807, 2.05) is 26.0 Å². The molecule has 0 aromatic heterocycles. The van der Waals surface area contributed by atoms with Crippen molar-refractivity contribution in [1.82, 2.24) is 0 Å². The van der Waals surface area contributed by atoms with Gasteiger partial charge in [0.05, 0.1) is 13.2 Å². The number of amides is 1. The molecular formula is C17H18BrNO3. The van der Waals surface area contributed by atoms with Gasteiger partial charge in [-0.3, -0.25) is 4.79 Å². The topological polar surface area (TPSA) is 47.6 Å². The molecule has 4 nitrogen and oxygen atoms in total. The molecule has 116 valence electrons. The van der Waals surface area contributed by atoms with Crippen LogP contribution in [0.3, 0.4) is 0 Å². The number of carbonyl (C=O) groups is 1. The fraction of sp³-hybridized carbons (Fsp3) is 0.235. The van der Waals surface area contributed by atoms with E-state index in [0.717, 1.165) is 4.47 Å². The van der Waals surface area contributed by atoms with Gasteiger partial charge in [0.15, 0.2) is 11.5 Å². The maximum Gasteiger partial charge on any atom is 0.255 e. The van der Waals surface area contributed by atoms with Crippen LogP contribution in [0, 0.1) is 0 Å². The predicted octanol–water partition coefficient (Wildman–Crippen LogP) is 4.50. The summed E-state index contributed by atoms with van der Waals surface area (Å²) in [5.74, 6) is 1.13. The van der Waals surface area contributed by atoms with Crippen molar-refractivity contribution in [3.63, 3.8) is 0 Å². The van der Waals surface area contributed by atoms with E-state index in [9.17, 15) is 4.79 Å². The Morgan fingerprint density at radius 1 is 1.00 bits per heavy atom. The highest BCUT2D eigenvalue weighted by atomic mass is 79.9. The lowest BCUT2D eigenvalue weighted by molar-refractivity contribution is 0.102. The van der Waals surface area contributed by atoms with E-state index < -0.39 is 0 Å². The lowest BCUT2D eigenvalue weighted by atomic mass is 10.2. The first-order valence-electron chi connectivity index (χ1n) is 7.10. The third kappa shape index (κ3) is 4.24. The molecule has 0 aliphatic carbocycles. The molecule has 5 heteroatoms. The van der Waals surface area contributed by atoms with E-state index in [1.165, 1.54) is 0 Å². The highest BCUT2D eigenvalue weighted by Crippen LogP contribution is 2.30. The van der Waals surface area contributed by atoms with Crippen molar-refractivity contribution < 1.29 is 14.3 Å². The van der Waals surface area contributed by atoms with Crippen molar-refractivity contribution in [1.29, 1.82) is 0 Å². The van der Waals surface area contributed by atoms with Crippen LogP contribution >= 0.6 is 15.9 Å². The van der Waals surface area contributed by atoms with Gasteiger partial charge in [-0.2, -0.15) is 0 Å². The Bertz CT molecular complexity index is 641. The molecule has 2 aromatic carbocycles. The van der Waals surface area contributed by atoms with Crippen LogP contribution in [0.2, 0.25) is 0 Å². The number of ether oxygens (including phenoxy) is 2. The molecule has 2 aromatic rings. The minimum absolute atomic E-state index is 0.167. The first kappa shape index (κ1) is 16.4. The van der Waals surface area contributed by atoms with E-state index in [4.69, 9.17) is 9.47 Å². The fourth-order valence-corrected chi connectivity index (χ4v) is 2.20. The number of nitrogens with one attached hydrogen (secondary N) is 1. The average Bonchev–Trinajstić information content (AvgIpc) is 2.51. The second-order valence-electron chi connectivity index (χ2n) is 4.49. The summed E-state index contributed by atoms with van der Waals surface area (Å²) in [6.45, 7) is 4.91. The second kappa shape index (κ2) is 7.84. The van der Waals surface area contributed by atoms with Crippen LogP contribution in [0.1, 0.15) is 24.2 Å². The molecule has 1 N–H and O–H groups in total. The molecule has 2 rings (SSSR count). The van der Waals surface area contributed by atoms with Crippen molar-refractivity contribution in [2.75, 3.05) is 18.5 Å². The zero-order chi connectivity index (χ0) is 15.9. The van der Waals surface area contributed by atoms with Crippen molar-refractivity contribution >= 4 is 27.5 Å². The molecule has 0 spiro atoms. The van der Waals surface area contributed by atoms with Gasteiger partial charge < -0.3 is 14.8 Å². The third-order valence-corrected chi connectivity index (χ3v) is 3.44. The van der Waals surface area contributed by atoms with Crippen LogP contribution in [0.4, 0.5) is 5.69 Å². The summed E-state index contributed by atoms with van der Waals surface area (Å²) in [4.78, 5) is 12.2. The minimum atomic E-state index is -0.167. The highest BCUT2D eigenvalue weighted by Gasteiger charge is 2.10. The molecule has 0 atom stereocenters. The van der Waals surface area contributed by atoms with Gasteiger partial charge in [-0.25, -0.2) is 0 Å². The van der Waals surface area contributed by atoms with Gasteiger partial charge in [0.25, 0.3) is 5.91 Å². The van der Waals surface area contributed by atoms with Crippen LogP contribution in [0.5, 0.6) is 11.5 Å². The molecule has 0 bridgehead atoms. The number of benzene rings is 2. The Kier molecular flexibility index (Phi) is 5.83. The second-order valence-corrected chi connectivity index (χ2v) is 5.40. The number of hydrogen-bond donors (Lipinski definition) is 1. The summed E-state index contributed by atoms with van der Waals surface area (Å²) in [5.41, 5.74) is 1.26. The van der Waals surface area contributed by atoms with Crippen molar-refractivity contribution in [2.45, 2.75) is 13.8 Å². The van der Waals surface area contributed by atoms with Crippen molar-refractivity contribution in [2.24, 2.45) is 0 Å². The first-order chi connectivity index (χ1) is 10.6. The Balaban J connectivity index is 2.16. The largest absolute Gasteiger partial charge is 0.490 e. The lowest BCUT2D eigenvalue weighted by Crippen LogP contribution is -2.12. The number of carbonyl (C=O) groups excluding carboxylic acids is 1. The lowest BCUT2D eigenvalue weighted by Gasteiger charge is -2.13. The number of halogens is 1. The summed E-state index contributed by atoms with van der Waals surface area (Å²) >= 11 is 3.35. The average molecular weight is 364 g/mol. The van der Waals surface area contributed by atoms with Gasteiger partial charge in [-0.1, -0.05) is 15.9 Å². The Morgan fingerprint density at radius 3 is 2.27 bits per heavy atom. The van der Waals surface area contributed by atoms with E-state index in [0.29, 0.717) is 36.0 Å². The van der Waals surface area contributed by atoms with Gasteiger partial charge in [-0.15, -0.1) is 0 Å².